The molecule has 3 heteroatoms. The molecule has 0 amide bonds. The normalized spacial score (nSPS) is 20.6. The molecule has 0 aromatic heterocycles. The van der Waals surface area contributed by atoms with E-state index in [0.29, 0.717) is 0 Å². The fraction of sp³-hybridized carbons (Fsp3) is 0.533. The summed E-state index contributed by atoms with van der Waals surface area (Å²) in [7, 11) is 2.20. The maximum atomic E-state index is 8.73. The van der Waals surface area contributed by atoms with E-state index in [4.69, 9.17) is 5.26 Å². The maximum Gasteiger partial charge on any atom is 0.0991 e. The third kappa shape index (κ3) is 3.83. The number of nitrogens with zero attached hydrogens (tertiary/aromatic N) is 2. The second-order valence-electron chi connectivity index (χ2n) is 5.21. The molecule has 1 saturated heterocycles. The monoisotopic (exact) mass is 243 g/mol. The van der Waals surface area contributed by atoms with Crippen LogP contribution in [0.1, 0.15) is 24.0 Å². The Bertz CT molecular complexity index is 405. The topological polar surface area (TPSA) is 39.1 Å². The smallest absolute Gasteiger partial charge is 0.0991 e. The molecule has 1 fully saturated rings. The van der Waals surface area contributed by atoms with Crippen LogP contribution in [0.5, 0.6) is 0 Å². The van der Waals surface area contributed by atoms with Crippen LogP contribution < -0.4 is 5.32 Å². The zero-order chi connectivity index (χ0) is 12.8. The van der Waals surface area contributed by atoms with Crippen molar-refractivity contribution in [2.75, 3.05) is 26.7 Å². The van der Waals surface area contributed by atoms with E-state index in [2.05, 4.69) is 23.3 Å². The highest BCUT2D eigenvalue weighted by molar-refractivity contribution is 5.31. The number of nitrogens with one attached hydrogen (secondary N) is 1. The van der Waals surface area contributed by atoms with Crippen LogP contribution in [0, 0.1) is 17.2 Å². The number of likely N-dealkylation sites (tertiary alicyclic amines) is 1. The minimum absolute atomic E-state index is 0.729. The van der Waals surface area contributed by atoms with E-state index >= 15 is 0 Å². The highest BCUT2D eigenvalue weighted by Gasteiger charge is 2.16. The summed E-state index contributed by atoms with van der Waals surface area (Å²) in [6.07, 6.45) is 2.66. The SMILES string of the molecule is CN1CCCC(CNCc2ccc(C#N)cc2)C1. The Balaban J connectivity index is 1.72. The van der Waals surface area contributed by atoms with Gasteiger partial charge < -0.3 is 10.2 Å². The highest BCUT2D eigenvalue weighted by Crippen LogP contribution is 2.14. The van der Waals surface area contributed by atoms with Gasteiger partial charge in [0, 0.05) is 13.1 Å². The fourth-order valence-electron chi connectivity index (χ4n) is 2.56. The summed E-state index contributed by atoms with van der Waals surface area (Å²) in [5.74, 6) is 0.780. The molecular weight excluding hydrogens is 222 g/mol. The van der Waals surface area contributed by atoms with Gasteiger partial charge >= 0.3 is 0 Å². The van der Waals surface area contributed by atoms with Crippen molar-refractivity contribution in [2.24, 2.45) is 5.92 Å². The van der Waals surface area contributed by atoms with Gasteiger partial charge in [0.25, 0.3) is 0 Å². The van der Waals surface area contributed by atoms with Gasteiger partial charge in [-0.25, -0.2) is 0 Å². The Morgan fingerprint density at radius 3 is 2.83 bits per heavy atom. The van der Waals surface area contributed by atoms with Crippen LogP contribution in [0.25, 0.3) is 0 Å². The van der Waals surface area contributed by atoms with Gasteiger partial charge in [0.1, 0.15) is 0 Å². The van der Waals surface area contributed by atoms with E-state index < -0.39 is 0 Å². The largest absolute Gasteiger partial charge is 0.312 e. The van der Waals surface area contributed by atoms with E-state index in [1.54, 1.807) is 0 Å². The molecule has 96 valence electrons. The van der Waals surface area contributed by atoms with Crippen LogP contribution in [-0.2, 0) is 6.54 Å². The molecule has 1 aliphatic heterocycles. The first-order valence-corrected chi connectivity index (χ1v) is 6.66. The minimum Gasteiger partial charge on any atom is -0.312 e. The third-order valence-corrected chi connectivity index (χ3v) is 3.57. The van der Waals surface area contributed by atoms with Crippen LogP contribution in [0.15, 0.2) is 24.3 Å². The standard InChI is InChI=1S/C15H21N3/c1-18-8-2-3-15(12-18)11-17-10-14-6-4-13(9-16)5-7-14/h4-7,15,17H,2-3,8,10-12H2,1H3. The summed E-state index contributed by atoms with van der Waals surface area (Å²) < 4.78 is 0. The Morgan fingerprint density at radius 2 is 2.17 bits per heavy atom. The molecule has 1 aliphatic rings. The lowest BCUT2D eigenvalue weighted by molar-refractivity contribution is 0.206. The van der Waals surface area contributed by atoms with Gasteiger partial charge in [-0.2, -0.15) is 5.26 Å². The van der Waals surface area contributed by atoms with Gasteiger partial charge in [-0.3, -0.25) is 0 Å². The number of hydrogen-bond acceptors (Lipinski definition) is 3. The van der Waals surface area contributed by atoms with Crippen LogP contribution >= 0.6 is 0 Å². The molecule has 1 heterocycles. The second kappa shape index (κ2) is 6.53. The fourth-order valence-corrected chi connectivity index (χ4v) is 2.56. The predicted octanol–water partition coefficient (Wildman–Crippen LogP) is 1.99. The average Bonchev–Trinajstić information content (AvgIpc) is 2.40. The molecule has 0 radical (unpaired) electrons. The average molecular weight is 243 g/mol. The van der Waals surface area contributed by atoms with Gasteiger partial charge in [0.15, 0.2) is 0 Å². The lowest BCUT2D eigenvalue weighted by Crippen LogP contribution is -2.37. The van der Waals surface area contributed by atoms with E-state index in [1.165, 1.54) is 31.5 Å². The molecule has 1 N–H and O–H groups in total. The molecule has 0 saturated carbocycles. The second-order valence-corrected chi connectivity index (χ2v) is 5.21. The summed E-state index contributed by atoms with van der Waals surface area (Å²) >= 11 is 0. The summed E-state index contributed by atoms with van der Waals surface area (Å²) in [6.45, 7) is 4.43. The molecule has 0 spiro atoms. The number of hydrogen-bond donors (Lipinski definition) is 1. The van der Waals surface area contributed by atoms with Crippen molar-refractivity contribution >= 4 is 0 Å². The van der Waals surface area contributed by atoms with Crippen molar-refractivity contribution in [3.8, 4) is 6.07 Å². The number of piperidine rings is 1. The molecule has 0 aliphatic carbocycles. The van der Waals surface area contributed by atoms with Crippen LogP contribution in [0.3, 0.4) is 0 Å². The summed E-state index contributed by atoms with van der Waals surface area (Å²) in [4.78, 5) is 2.41. The molecule has 0 bridgehead atoms. The van der Waals surface area contributed by atoms with Gasteiger partial charge in [-0.05, 0) is 56.6 Å². The van der Waals surface area contributed by atoms with E-state index in [1.807, 2.05) is 24.3 Å². The minimum atomic E-state index is 0.729. The van der Waals surface area contributed by atoms with Crippen LogP contribution in [0.4, 0.5) is 0 Å². The Morgan fingerprint density at radius 1 is 1.39 bits per heavy atom. The zero-order valence-corrected chi connectivity index (χ0v) is 11.0. The first kappa shape index (κ1) is 13.1. The Labute approximate surface area is 109 Å². The summed E-state index contributed by atoms with van der Waals surface area (Å²) in [6, 6.07) is 9.95. The molecular formula is C15H21N3. The van der Waals surface area contributed by atoms with E-state index in [0.717, 1.165) is 24.6 Å². The van der Waals surface area contributed by atoms with Gasteiger partial charge in [-0.1, -0.05) is 12.1 Å². The number of nitriles is 1. The van der Waals surface area contributed by atoms with Crippen LogP contribution in [-0.4, -0.2) is 31.6 Å². The Kier molecular flexibility index (Phi) is 4.74. The van der Waals surface area contributed by atoms with E-state index in [9.17, 15) is 0 Å². The molecule has 3 nitrogen and oxygen atoms in total. The summed E-state index contributed by atoms with van der Waals surface area (Å²) in [5.41, 5.74) is 1.98. The Hall–Kier alpha value is -1.37. The van der Waals surface area contributed by atoms with Crippen molar-refractivity contribution in [2.45, 2.75) is 19.4 Å². The number of benzene rings is 1. The first-order valence-electron chi connectivity index (χ1n) is 6.66. The molecule has 2 rings (SSSR count). The maximum absolute atomic E-state index is 8.73. The highest BCUT2D eigenvalue weighted by atomic mass is 15.1. The number of rotatable bonds is 4. The molecule has 1 atom stereocenters. The van der Waals surface area contributed by atoms with Gasteiger partial charge in [-0.15, -0.1) is 0 Å². The zero-order valence-electron chi connectivity index (χ0n) is 11.0. The van der Waals surface area contributed by atoms with Crippen molar-refractivity contribution < 1.29 is 0 Å². The molecule has 1 aromatic carbocycles. The van der Waals surface area contributed by atoms with Crippen molar-refractivity contribution in [3.63, 3.8) is 0 Å². The molecule has 1 aromatic rings. The molecule has 18 heavy (non-hydrogen) atoms. The third-order valence-electron chi connectivity index (χ3n) is 3.57. The van der Waals surface area contributed by atoms with E-state index in [-0.39, 0.29) is 0 Å². The van der Waals surface area contributed by atoms with Crippen molar-refractivity contribution in [1.82, 2.24) is 10.2 Å². The van der Waals surface area contributed by atoms with Gasteiger partial charge in [0.2, 0.25) is 0 Å². The summed E-state index contributed by atoms with van der Waals surface area (Å²) in [5, 5.41) is 12.2. The van der Waals surface area contributed by atoms with Crippen LogP contribution in [0.2, 0.25) is 0 Å². The quantitative estimate of drug-likeness (QED) is 0.879. The molecule has 1 unspecified atom stereocenters. The van der Waals surface area contributed by atoms with Gasteiger partial charge in [0.05, 0.1) is 11.6 Å². The first-order chi connectivity index (χ1) is 8.78. The van der Waals surface area contributed by atoms with Crippen molar-refractivity contribution in [1.29, 1.82) is 5.26 Å². The lowest BCUT2D eigenvalue weighted by atomic mass is 9.98. The lowest BCUT2D eigenvalue weighted by Gasteiger charge is -2.29. The predicted molar refractivity (Wildman–Crippen MR) is 73.1 cm³/mol. The van der Waals surface area contributed by atoms with Crippen molar-refractivity contribution in [3.05, 3.63) is 35.4 Å².